The topological polar surface area (TPSA) is 33.1 Å². The van der Waals surface area contributed by atoms with Crippen LogP contribution in [0.4, 0.5) is 0 Å². The Bertz CT molecular complexity index is 323. The molecule has 82 valence electrons. The molecule has 2 nitrogen and oxygen atoms in total. The first-order chi connectivity index (χ1) is 7.27. The Morgan fingerprint density at radius 3 is 2.73 bits per heavy atom. The Morgan fingerprint density at radius 2 is 2.07 bits per heavy atom. The summed E-state index contributed by atoms with van der Waals surface area (Å²) in [5.41, 5.74) is 0.905. The molecule has 0 aromatic carbocycles. The number of hydrogen-bond donors (Lipinski definition) is 1. The van der Waals surface area contributed by atoms with Crippen molar-refractivity contribution < 1.29 is 5.11 Å². The maximum atomic E-state index is 10.2. The largest absolute Gasteiger partial charge is 0.388 e. The summed E-state index contributed by atoms with van der Waals surface area (Å²) >= 11 is 5.81. The quantitative estimate of drug-likeness (QED) is 0.784. The average Bonchev–Trinajstić information content (AvgIpc) is 2.29. The van der Waals surface area contributed by atoms with E-state index in [9.17, 15) is 5.11 Å². The van der Waals surface area contributed by atoms with E-state index in [0.717, 1.165) is 18.4 Å². The molecule has 0 spiro atoms. The van der Waals surface area contributed by atoms with Crippen LogP contribution in [0.15, 0.2) is 18.3 Å². The fourth-order valence-corrected chi connectivity index (χ4v) is 2.51. The van der Waals surface area contributed by atoms with E-state index in [-0.39, 0.29) is 6.10 Å². The summed E-state index contributed by atoms with van der Waals surface area (Å²) in [6.07, 6.45) is 7.32. The lowest BCUT2D eigenvalue weighted by Gasteiger charge is -2.26. The van der Waals surface area contributed by atoms with Gasteiger partial charge in [-0.1, -0.05) is 30.9 Å². The van der Waals surface area contributed by atoms with Crippen LogP contribution in [0.3, 0.4) is 0 Å². The number of rotatable bonds is 2. The molecule has 0 radical (unpaired) electrons. The van der Waals surface area contributed by atoms with Gasteiger partial charge in [0.05, 0.1) is 6.10 Å². The summed E-state index contributed by atoms with van der Waals surface area (Å²) in [4.78, 5) is 3.92. The van der Waals surface area contributed by atoms with Crippen molar-refractivity contribution in [2.24, 2.45) is 5.92 Å². The van der Waals surface area contributed by atoms with Crippen LogP contribution < -0.4 is 0 Å². The van der Waals surface area contributed by atoms with Crippen LogP contribution in [0.1, 0.15) is 43.8 Å². The predicted molar refractivity (Wildman–Crippen MR) is 60.8 cm³/mol. The standard InChI is InChI=1S/C12H16ClNO/c13-11-8-10(6-7-14-11)12(15)9-4-2-1-3-5-9/h6-9,12,15H,1-5H2. The predicted octanol–water partition coefficient (Wildman–Crippen LogP) is 3.35. The molecule has 15 heavy (non-hydrogen) atoms. The molecule has 0 bridgehead atoms. The smallest absolute Gasteiger partial charge is 0.129 e. The van der Waals surface area contributed by atoms with E-state index in [0.29, 0.717) is 11.1 Å². The molecule has 1 aromatic rings. The molecule has 1 unspecified atom stereocenters. The molecule has 1 aliphatic carbocycles. The average molecular weight is 226 g/mol. The highest BCUT2D eigenvalue weighted by Gasteiger charge is 2.23. The van der Waals surface area contributed by atoms with Gasteiger partial charge in [-0.3, -0.25) is 0 Å². The second-order valence-corrected chi connectivity index (χ2v) is 4.64. The van der Waals surface area contributed by atoms with E-state index in [4.69, 9.17) is 11.6 Å². The molecular weight excluding hydrogens is 210 g/mol. The molecule has 0 amide bonds. The molecule has 1 saturated carbocycles. The third kappa shape index (κ3) is 2.70. The summed E-state index contributed by atoms with van der Waals surface area (Å²) in [6.45, 7) is 0. The fourth-order valence-electron chi connectivity index (χ4n) is 2.32. The zero-order valence-corrected chi connectivity index (χ0v) is 9.45. The van der Waals surface area contributed by atoms with E-state index in [1.54, 1.807) is 12.3 Å². The van der Waals surface area contributed by atoms with Gasteiger partial charge in [-0.25, -0.2) is 4.98 Å². The Kier molecular flexibility index (Phi) is 3.60. The van der Waals surface area contributed by atoms with Crippen molar-refractivity contribution in [3.05, 3.63) is 29.0 Å². The van der Waals surface area contributed by atoms with Gasteiger partial charge >= 0.3 is 0 Å². The van der Waals surface area contributed by atoms with E-state index in [1.807, 2.05) is 6.07 Å². The van der Waals surface area contributed by atoms with E-state index < -0.39 is 0 Å². The Balaban J connectivity index is 2.08. The van der Waals surface area contributed by atoms with E-state index in [2.05, 4.69) is 4.98 Å². The van der Waals surface area contributed by atoms with Crippen LogP contribution in [-0.2, 0) is 0 Å². The first kappa shape index (κ1) is 10.9. The molecule has 1 heterocycles. The summed E-state index contributed by atoms with van der Waals surface area (Å²) in [6, 6.07) is 3.62. The van der Waals surface area contributed by atoms with Gasteiger partial charge in [-0.15, -0.1) is 0 Å². The lowest BCUT2D eigenvalue weighted by molar-refractivity contribution is 0.0848. The molecule has 2 rings (SSSR count). The minimum atomic E-state index is -0.370. The number of aromatic nitrogens is 1. The normalized spacial score (nSPS) is 20.1. The van der Waals surface area contributed by atoms with Crippen LogP contribution in [-0.4, -0.2) is 10.1 Å². The van der Waals surface area contributed by atoms with Crippen molar-refractivity contribution in [1.29, 1.82) is 0 Å². The minimum absolute atomic E-state index is 0.370. The molecule has 1 aliphatic rings. The van der Waals surface area contributed by atoms with Crippen molar-refractivity contribution in [3.8, 4) is 0 Å². The molecule has 0 aliphatic heterocycles. The van der Waals surface area contributed by atoms with Crippen molar-refractivity contribution in [1.82, 2.24) is 4.98 Å². The lowest BCUT2D eigenvalue weighted by Crippen LogP contribution is -2.15. The molecule has 1 N–H and O–H groups in total. The molecular formula is C12H16ClNO. The second kappa shape index (κ2) is 4.95. The van der Waals surface area contributed by atoms with Crippen molar-refractivity contribution in [3.63, 3.8) is 0 Å². The third-order valence-corrected chi connectivity index (χ3v) is 3.40. The molecule has 1 aromatic heterocycles. The number of halogens is 1. The summed E-state index contributed by atoms with van der Waals surface area (Å²) < 4.78 is 0. The van der Waals surface area contributed by atoms with Crippen molar-refractivity contribution in [2.45, 2.75) is 38.2 Å². The van der Waals surface area contributed by atoms with Crippen LogP contribution in [0.5, 0.6) is 0 Å². The number of aliphatic hydroxyl groups excluding tert-OH is 1. The molecule has 0 saturated heterocycles. The van der Waals surface area contributed by atoms with E-state index in [1.165, 1.54) is 19.3 Å². The van der Waals surface area contributed by atoms with Crippen LogP contribution in [0.25, 0.3) is 0 Å². The number of hydrogen-bond acceptors (Lipinski definition) is 2. The maximum absolute atomic E-state index is 10.2. The summed E-state index contributed by atoms with van der Waals surface area (Å²) in [5.74, 6) is 0.400. The second-order valence-electron chi connectivity index (χ2n) is 4.25. The summed E-state index contributed by atoms with van der Waals surface area (Å²) in [7, 11) is 0. The zero-order valence-electron chi connectivity index (χ0n) is 8.69. The zero-order chi connectivity index (χ0) is 10.7. The molecule has 1 atom stereocenters. The van der Waals surface area contributed by atoms with Crippen molar-refractivity contribution >= 4 is 11.6 Å². The Morgan fingerprint density at radius 1 is 1.33 bits per heavy atom. The van der Waals surface area contributed by atoms with Gasteiger partial charge in [0.1, 0.15) is 5.15 Å². The highest BCUT2D eigenvalue weighted by Crippen LogP contribution is 2.34. The van der Waals surface area contributed by atoms with E-state index >= 15 is 0 Å². The van der Waals surface area contributed by atoms with Gasteiger partial charge in [0.15, 0.2) is 0 Å². The van der Waals surface area contributed by atoms with Crippen LogP contribution in [0, 0.1) is 5.92 Å². The van der Waals surface area contributed by atoms with Gasteiger partial charge < -0.3 is 5.11 Å². The first-order valence-electron chi connectivity index (χ1n) is 5.57. The van der Waals surface area contributed by atoms with Crippen molar-refractivity contribution in [2.75, 3.05) is 0 Å². The molecule has 1 fully saturated rings. The van der Waals surface area contributed by atoms with Gasteiger partial charge in [0.25, 0.3) is 0 Å². The Labute approximate surface area is 95.3 Å². The summed E-state index contributed by atoms with van der Waals surface area (Å²) in [5, 5.41) is 10.6. The minimum Gasteiger partial charge on any atom is -0.388 e. The van der Waals surface area contributed by atoms with Crippen LogP contribution in [0.2, 0.25) is 5.15 Å². The number of aliphatic hydroxyl groups is 1. The maximum Gasteiger partial charge on any atom is 0.129 e. The first-order valence-corrected chi connectivity index (χ1v) is 5.94. The SMILES string of the molecule is OC(c1ccnc(Cl)c1)C1CCCCC1. The third-order valence-electron chi connectivity index (χ3n) is 3.19. The monoisotopic (exact) mass is 225 g/mol. The fraction of sp³-hybridized carbons (Fsp3) is 0.583. The van der Waals surface area contributed by atoms with Gasteiger partial charge in [0.2, 0.25) is 0 Å². The highest BCUT2D eigenvalue weighted by molar-refractivity contribution is 6.29. The lowest BCUT2D eigenvalue weighted by atomic mass is 9.83. The molecule has 3 heteroatoms. The number of pyridine rings is 1. The number of nitrogens with zero attached hydrogens (tertiary/aromatic N) is 1. The van der Waals surface area contributed by atoms with Gasteiger partial charge in [-0.2, -0.15) is 0 Å². The van der Waals surface area contributed by atoms with Gasteiger partial charge in [-0.05, 0) is 36.5 Å². The van der Waals surface area contributed by atoms with Crippen LogP contribution >= 0.6 is 11.6 Å². The van der Waals surface area contributed by atoms with Gasteiger partial charge in [0, 0.05) is 6.20 Å². The highest BCUT2D eigenvalue weighted by atomic mass is 35.5. The Hall–Kier alpha value is -0.600.